The summed E-state index contributed by atoms with van der Waals surface area (Å²) in [7, 11) is -3.35. The number of nitrogens with zero attached hydrogens (tertiary/aromatic N) is 3. The normalized spacial score (nSPS) is 20.4. The van der Waals surface area contributed by atoms with Gasteiger partial charge in [-0.2, -0.15) is 0 Å². The molecule has 136 valence electrons. The Hall–Kier alpha value is -1.80. The lowest BCUT2D eigenvalue weighted by atomic mass is 10.1. The molecule has 0 saturated carbocycles. The van der Waals surface area contributed by atoms with Crippen molar-refractivity contribution >= 4 is 39.6 Å². The van der Waals surface area contributed by atoms with Gasteiger partial charge >= 0.3 is 0 Å². The minimum atomic E-state index is -3.35. The number of rotatable bonds is 3. The van der Waals surface area contributed by atoms with Crippen molar-refractivity contribution in [3.63, 3.8) is 0 Å². The zero-order valence-electron chi connectivity index (χ0n) is 13.7. The van der Waals surface area contributed by atoms with E-state index in [1.807, 2.05) is 0 Å². The van der Waals surface area contributed by atoms with Gasteiger partial charge in [-0.05, 0) is 31.0 Å². The number of hydrogen-bond donors (Lipinski definition) is 0. The molecule has 7 nitrogen and oxygen atoms in total. The summed E-state index contributed by atoms with van der Waals surface area (Å²) in [5.74, 6) is -0.126. The average molecular weight is 386 g/mol. The lowest BCUT2D eigenvalue weighted by molar-refractivity contribution is -0.119. The highest BCUT2D eigenvalue weighted by Crippen LogP contribution is 2.28. The van der Waals surface area contributed by atoms with E-state index in [4.69, 9.17) is 11.6 Å². The number of sulfonamides is 1. The van der Waals surface area contributed by atoms with Crippen LogP contribution < -0.4 is 4.31 Å². The van der Waals surface area contributed by atoms with Gasteiger partial charge < -0.3 is 9.80 Å². The molecular weight excluding hydrogens is 366 g/mol. The molecule has 3 rings (SSSR count). The third kappa shape index (κ3) is 3.74. The van der Waals surface area contributed by atoms with Gasteiger partial charge in [-0.3, -0.25) is 13.9 Å². The van der Waals surface area contributed by atoms with Gasteiger partial charge in [0.15, 0.2) is 0 Å². The first kappa shape index (κ1) is 18.0. The van der Waals surface area contributed by atoms with E-state index in [9.17, 15) is 18.0 Å². The molecule has 0 bridgehead atoms. The molecule has 9 heteroatoms. The number of halogens is 1. The Morgan fingerprint density at radius 1 is 1.08 bits per heavy atom. The summed E-state index contributed by atoms with van der Waals surface area (Å²) in [4.78, 5) is 26.8. The zero-order valence-corrected chi connectivity index (χ0v) is 15.3. The first-order valence-corrected chi connectivity index (χ1v) is 10.2. The summed E-state index contributed by atoms with van der Waals surface area (Å²) in [5, 5.41) is 0.293. The highest BCUT2D eigenvalue weighted by molar-refractivity contribution is 7.92. The number of amides is 2. The maximum absolute atomic E-state index is 12.8. The van der Waals surface area contributed by atoms with Gasteiger partial charge in [0.05, 0.1) is 22.0 Å². The van der Waals surface area contributed by atoms with E-state index < -0.39 is 10.0 Å². The Morgan fingerprint density at radius 3 is 2.44 bits per heavy atom. The molecule has 1 aromatic rings. The third-order valence-electron chi connectivity index (χ3n) is 4.57. The SMILES string of the molecule is O=CN1CCN(C(=O)c2cc(N3CCCCS3(=O)=O)ccc2Cl)CC1. The van der Waals surface area contributed by atoms with Gasteiger partial charge in [0.1, 0.15) is 0 Å². The number of hydrogen-bond acceptors (Lipinski definition) is 4. The molecule has 2 aliphatic heterocycles. The molecule has 0 N–H and O–H groups in total. The molecule has 2 amide bonds. The van der Waals surface area contributed by atoms with Crippen LogP contribution in [0.4, 0.5) is 5.69 Å². The van der Waals surface area contributed by atoms with Gasteiger partial charge in [-0.25, -0.2) is 8.42 Å². The third-order valence-corrected chi connectivity index (χ3v) is 6.77. The number of benzene rings is 1. The first-order chi connectivity index (χ1) is 11.9. The van der Waals surface area contributed by atoms with Crippen molar-refractivity contribution in [3.8, 4) is 0 Å². The molecule has 0 unspecified atom stereocenters. The second-order valence-corrected chi connectivity index (χ2v) is 8.61. The minimum Gasteiger partial charge on any atom is -0.342 e. The number of carbonyl (C=O) groups is 2. The quantitative estimate of drug-likeness (QED) is 0.732. The number of piperazine rings is 1. The molecule has 0 aromatic heterocycles. The molecule has 2 saturated heterocycles. The molecule has 0 aliphatic carbocycles. The fourth-order valence-electron chi connectivity index (χ4n) is 3.11. The van der Waals surface area contributed by atoms with Crippen molar-refractivity contribution in [2.75, 3.05) is 42.8 Å². The Morgan fingerprint density at radius 2 is 1.80 bits per heavy atom. The van der Waals surface area contributed by atoms with E-state index in [-0.39, 0.29) is 11.7 Å². The summed E-state index contributed by atoms with van der Waals surface area (Å²) in [6, 6.07) is 4.75. The molecule has 0 radical (unpaired) electrons. The van der Waals surface area contributed by atoms with Crippen molar-refractivity contribution in [2.24, 2.45) is 0 Å². The molecule has 2 fully saturated rings. The van der Waals surface area contributed by atoms with Crippen LogP contribution in [0.5, 0.6) is 0 Å². The highest BCUT2D eigenvalue weighted by atomic mass is 35.5. The topological polar surface area (TPSA) is 78.0 Å². The number of carbonyl (C=O) groups excluding carboxylic acids is 2. The van der Waals surface area contributed by atoms with Gasteiger partial charge in [-0.1, -0.05) is 11.6 Å². The lowest BCUT2D eigenvalue weighted by Crippen LogP contribution is -2.48. The summed E-state index contributed by atoms with van der Waals surface area (Å²) < 4.78 is 25.9. The molecular formula is C16H20ClN3O4S. The fourth-order valence-corrected chi connectivity index (χ4v) is 4.94. The molecule has 25 heavy (non-hydrogen) atoms. The maximum Gasteiger partial charge on any atom is 0.255 e. The smallest absolute Gasteiger partial charge is 0.255 e. The van der Waals surface area contributed by atoms with E-state index >= 15 is 0 Å². The van der Waals surface area contributed by atoms with Gasteiger partial charge in [0.2, 0.25) is 16.4 Å². The van der Waals surface area contributed by atoms with Crippen LogP contribution in [0.3, 0.4) is 0 Å². The van der Waals surface area contributed by atoms with Crippen LogP contribution in [0.25, 0.3) is 0 Å². The van der Waals surface area contributed by atoms with E-state index in [1.165, 1.54) is 4.31 Å². The van der Waals surface area contributed by atoms with Crippen LogP contribution in [-0.2, 0) is 14.8 Å². The molecule has 1 aromatic carbocycles. The van der Waals surface area contributed by atoms with E-state index in [0.29, 0.717) is 55.4 Å². The molecule has 0 spiro atoms. The van der Waals surface area contributed by atoms with Crippen LogP contribution in [0.1, 0.15) is 23.2 Å². The molecule has 2 aliphatic rings. The van der Waals surface area contributed by atoms with Crippen LogP contribution in [-0.4, -0.2) is 69.0 Å². The summed E-state index contributed by atoms with van der Waals surface area (Å²) in [5.41, 5.74) is 0.762. The largest absolute Gasteiger partial charge is 0.342 e. The Balaban J connectivity index is 1.84. The van der Waals surface area contributed by atoms with Crippen LogP contribution in [0.15, 0.2) is 18.2 Å². The monoisotopic (exact) mass is 385 g/mol. The summed E-state index contributed by atoms with van der Waals surface area (Å²) in [6.07, 6.45) is 2.22. The lowest BCUT2D eigenvalue weighted by Gasteiger charge is -2.33. The Kier molecular flexibility index (Phi) is 5.19. The van der Waals surface area contributed by atoms with Crippen LogP contribution >= 0.6 is 11.6 Å². The van der Waals surface area contributed by atoms with Crippen molar-refractivity contribution in [1.29, 1.82) is 0 Å². The predicted octanol–water partition coefficient (Wildman–Crippen LogP) is 1.18. The van der Waals surface area contributed by atoms with Crippen LogP contribution in [0, 0.1) is 0 Å². The maximum atomic E-state index is 12.8. The second kappa shape index (κ2) is 7.21. The Bertz CT molecular complexity index is 776. The molecule has 0 atom stereocenters. The van der Waals surface area contributed by atoms with Gasteiger partial charge in [0, 0.05) is 32.7 Å². The van der Waals surface area contributed by atoms with Gasteiger partial charge in [0.25, 0.3) is 5.91 Å². The van der Waals surface area contributed by atoms with Crippen molar-refractivity contribution in [2.45, 2.75) is 12.8 Å². The standard InChI is InChI=1S/C16H20ClN3O4S/c17-15-4-3-13(20-5-1-2-10-25(20,23)24)11-14(15)16(22)19-8-6-18(12-21)7-9-19/h3-4,11-12H,1-2,5-10H2. The zero-order chi connectivity index (χ0) is 18.0. The van der Waals surface area contributed by atoms with E-state index in [2.05, 4.69) is 0 Å². The fraction of sp³-hybridized carbons (Fsp3) is 0.500. The van der Waals surface area contributed by atoms with Crippen molar-refractivity contribution in [3.05, 3.63) is 28.8 Å². The second-order valence-electron chi connectivity index (χ2n) is 6.19. The average Bonchev–Trinajstić information content (AvgIpc) is 2.61. The Labute approximate surface area is 152 Å². The molecule has 2 heterocycles. The van der Waals surface area contributed by atoms with Crippen LogP contribution in [0.2, 0.25) is 5.02 Å². The van der Waals surface area contributed by atoms with E-state index in [1.54, 1.807) is 28.0 Å². The predicted molar refractivity (Wildman–Crippen MR) is 95.4 cm³/mol. The van der Waals surface area contributed by atoms with Gasteiger partial charge in [-0.15, -0.1) is 0 Å². The summed E-state index contributed by atoms with van der Waals surface area (Å²) in [6.45, 7) is 2.23. The first-order valence-electron chi connectivity index (χ1n) is 8.21. The summed E-state index contributed by atoms with van der Waals surface area (Å²) >= 11 is 6.19. The minimum absolute atomic E-state index is 0.118. The van der Waals surface area contributed by atoms with Crippen molar-refractivity contribution in [1.82, 2.24) is 9.80 Å². The number of anilines is 1. The van der Waals surface area contributed by atoms with E-state index in [0.717, 1.165) is 12.8 Å². The van der Waals surface area contributed by atoms with Crippen molar-refractivity contribution < 1.29 is 18.0 Å². The highest BCUT2D eigenvalue weighted by Gasteiger charge is 2.28.